The smallest absolute Gasteiger partial charge is 0.407 e. The van der Waals surface area contributed by atoms with E-state index in [1.807, 2.05) is 30.3 Å². The number of benzene rings is 2. The van der Waals surface area contributed by atoms with Gasteiger partial charge in [0.1, 0.15) is 0 Å². The van der Waals surface area contributed by atoms with E-state index in [0.29, 0.717) is 55.1 Å². The van der Waals surface area contributed by atoms with E-state index in [2.05, 4.69) is 10.6 Å². The molecule has 1 aliphatic carbocycles. The van der Waals surface area contributed by atoms with Crippen LogP contribution < -0.4 is 10.6 Å². The van der Waals surface area contributed by atoms with Gasteiger partial charge in [0.25, 0.3) is 0 Å². The molecule has 2 saturated heterocycles. The number of alkyl carbamates (subject to hydrolysis) is 1. The average molecular weight is 674 g/mol. The third-order valence-electron chi connectivity index (χ3n) is 10.2. The van der Waals surface area contributed by atoms with Gasteiger partial charge in [-0.2, -0.15) is 4.31 Å². The maximum Gasteiger partial charge on any atom is 0.407 e. The van der Waals surface area contributed by atoms with Gasteiger partial charge in [0.05, 0.1) is 18.0 Å². The molecule has 0 radical (unpaired) electrons. The van der Waals surface area contributed by atoms with E-state index < -0.39 is 22.2 Å². The zero-order chi connectivity index (χ0) is 32.5. The Labute approximate surface area is 278 Å². The van der Waals surface area contributed by atoms with E-state index in [1.54, 1.807) is 28.6 Å². The summed E-state index contributed by atoms with van der Waals surface area (Å²) in [6.45, 7) is 2.91. The molecule has 1 saturated carbocycles. The molecule has 252 valence electrons. The van der Waals surface area contributed by atoms with Crippen molar-refractivity contribution in [3.63, 3.8) is 0 Å². The molecule has 0 aromatic heterocycles. The summed E-state index contributed by atoms with van der Waals surface area (Å²) in [4.78, 5) is 27.3. The Morgan fingerprint density at radius 3 is 2.39 bits per heavy atom. The Balaban J connectivity index is 1.32. The molecular weight excluding hydrogens is 626 g/mol. The van der Waals surface area contributed by atoms with Crippen LogP contribution in [-0.2, 0) is 24.3 Å². The molecule has 46 heavy (non-hydrogen) atoms. The van der Waals surface area contributed by atoms with Crippen molar-refractivity contribution in [1.82, 2.24) is 14.9 Å². The van der Waals surface area contributed by atoms with Gasteiger partial charge in [0, 0.05) is 56.3 Å². The largest absolute Gasteiger partial charge is 0.453 e. The van der Waals surface area contributed by atoms with Crippen LogP contribution in [0.15, 0.2) is 59.5 Å². The predicted octanol–water partition coefficient (Wildman–Crippen LogP) is 5.78. The molecule has 3 fully saturated rings. The fraction of sp³-hybridized carbons (Fsp3) is 0.600. The standard InChI is InChI=1S/C35H48ClN3O6S/c1-44-35(41)38-34(33(27-17-21-45-22-18-27)26-11-14-29(36)15-12-26)32(40)23-28-8-6-5-7-25(28)13-16-30-24-37-19-20-39(30)46(42,43)31-9-3-2-4-10-31/h2-4,9-12,14-15,25,27-28,30,33-34,37H,5-8,13,16-24H2,1H3,(H,38,41)/t25-,28-,30+,33?,34-/m1/s1. The molecule has 2 aromatic carbocycles. The summed E-state index contributed by atoms with van der Waals surface area (Å²) in [5, 5.41) is 6.95. The number of carbonyl (C=O) groups is 2. The Hall–Kier alpha value is -2.50. The number of sulfonamides is 1. The number of piperazine rings is 1. The van der Waals surface area contributed by atoms with Crippen LogP contribution in [0.4, 0.5) is 4.79 Å². The molecule has 5 rings (SSSR count). The number of nitrogens with zero attached hydrogens (tertiary/aromatic N) is 1. The van der Waals surface area contributed by atoms with E-state index in [-0.39, 0.29) is 29.6 Å². The van der Waals surface area contributed by atoms with Gasteiger partial charge < -0.3 is 20.1 Å². The number of halogens is 1. The second kappa shape index (κ2) is 16.6. The maximum absolute atomic E-state index is 14.4. The summed E-state index contributed by atoms with van der Waals surface area (Å²) in [6, 6.07) is 15.4. The van der Waals surface area contributed by atoms with Crippen molar-refractivity contribution in [3.05, 3.63) is 65.2 Å². The second-order valence-corrected chi connectivity index (χ2v) is 15.3. The van der Waals surface area contributed by atoms with Crippen molar-refractivity contribution >= 4 is 33.5 Å². The predicted molar refractivity (Wildman–Crippen MR) is 178 cm³/mol. The van der Waals surface area contributed by atoms with Crippen LogP contribution in [0, 0.1) is 17.8 Å². The zero-order valence-corrected chi connectivity index (χ0v) is 28.3. The van der Waals surface area contributed by atoms with E-state index >= 15 is 0 Å². The van der Waals surface area contributed by atoms with Gasteiger partial charge in [0.15, 0.2) is 5.78 Å². The third-order valence-corrected chi connectivity index (χ3v) is 12.5. The lowest BCUT2D eigenvalue weighted by atomic mass is 9.71. The number of hydrogen-bond acceptors (Lipinski definition) is 7. The summed E-state index contributed by atoms with van der Waals surface area (Å²) >= 11 is 6.23. The lowest BCUT2D eigenvalue weighted by molar-refractivity contribution is -0.123. The quantitative estimate of drug-likeness (QED) is 0.294. The highest BCUT2D eigenvalue weighted by molar-refractivity contribution is 7.89. The van der Waals surface area contributed by atoms with Crippen molar-refractivity contribution in [1.29, 1.82) is 0 Å². The van der Waals surface area contributed by atoms with Gasteiger partial charge in [-0.1, -0.05) is 61.2 Å². The topological polar surface area (TPSA) is 114 Å². The maximum atomic E-state index is 14.4. The van der Waals surface area contributed by atoms with Gasteiger partial charge >= 0.3 is 6.09 Å². The lowest BCUT2D eigenvalue weighted by Gasteiger charge is -2.39. The van der Waals surface area contributed by atoms with Crippen LogP contribution in [0.1, 0.15) is 69.3 Å². The van der Waals surface area contributed by atoms with Crippen molar-refractivity contribution in [2.24, 2.45) is 17.8 Å². The van der Waals surface area contributed by atoms with E-state index in [9.17, 15) is 18.0 Å². The van der Waals surface area contributed by atoms with Gasteiger partial charge in [-0.15, -0.1) is 0 Å². The summed E-state index contributed by atoms with van der Waals surface area (Å²) in [7, 11) is -2.28. The van der Waals surface area contributed by atoms with Gasteiger partial charge in [0.2, 0.25) is 10.0 Å². The average Bonchev–Trinajstić information content (AvgIpc) is 3.09. The number of rotatable bonds is 12. The Kier molecular flexibility index (Phi) is 12.5. The third kappa shape index (κ3) is 8.69. The SMILES string of the molecule is COC(=O)N[C@H](C(=O)C[C@H]1CCCC[C@@H]1CC[C@H]1CNCCN1S(=O)(=O)c1ccccc1)C(c1ccc(Cl)cc1)C1CCOCC1. The summed E-state index contributed by atoms with van der Waals surface area (Å²) in [5.41, 5.74) is 0.968. The van der Waals surface area contributed by atoms with E-state index in [1.165, 1.54) is 7.11 Å². The Bertz CT molecular complexity index is 1390. The molecule has 2 aromatic rings. The molecule has 9 nitrogen and oxygen atoms in total. The normalized spacial score (nSPS) is 24.5. The number of nitrogens with one attached hydrogen (secondary N) is 2. The van der Waals surface area contributed by atoms with Crippen LogP contribution in [0.5, 0.6) is 0 Å². The summed E-state index contributed by atoms with van der Waals surface area (Å²) in [6.07, 6.45) is 7.03. The molecule has 1 unspecified atom stereocenters. The first-order chi connectivity index (χ1) is 22.3. The van der Waals surface area contributed by atoms with E-state index in [4.69, 9.17) is 21.1 Å². The molecular formula is C35H48ClN3O6S. The lowest BCUT2D eigenvalue weighted by Crippen LogP contribution is -2.53. The Morgan fingerprint density at radius 2 is 1.70 bits per heavy atom. The van der Waals surface area contributed by atoms with Crippen LogP contribution in [0.3, 0.4) is 0 Å². The second-order valence-electron chi connectivity index (χ2n) is 13.0. The molecule has 0 bridgehead atoms. The molecule has 1 amide bonds. The molecule has 5 atom stereocenters. The van der Waals surface area contributed by atoms with Crippen molar-refractivity contribution in [2.45, 2.75) is 80.7 Å². The number of hydrogen-bond donors (Lipinski definition) is 2. The highest BCUT2D eigenvalue weighted by Crippen LogP contribution is 2.40. The highest BCUT2D eigenvalue weighted by atomic mass is 35.5. The number of carbonyl (C=O) groups excluding carboxylic acids is 2. The molecule has 2 N–H and O–H groups in total. The molecule has 0 spiro atoms. The van der Waals surface area contributed by atoms with E-state index in [0.717, 1.165) is 56.9 Å². The summed E-state index contributed by atoms with van der Waals surface area (Å²) in [5.74, 6) is 0.400. The van der Waals surface area contributed by atoms with Crippen LogP contribution in [-0.4, -0.2) is 76.6 Å². The number of methoxy groups -OCH3 is 1. The number of amides is 1. The van der Waals surface area contributed by atoms with Crippen molar-refractivity contribution in [3.8, 4) is 0 Å². The van der Waals surface area contributed by atoms with Crippen LogP contribution in [0.25, 0.3) is 0 Å². The van der Waals surface area contributed by atoms with Crippen molar-refractivity contribution < 1.29 is 27.5 Å². The minimum Gasteiger partial charge on any atom is -0.453 e. The highest BCUT2D eigenvalue weighted by Gasteiger charge is 2.40. The van der Waals surface area contributed by atoms with Gasteiger partial charge in [-0.05, 0) is 79.7 Å². The first-order valence-corrected chi connectivity index (χ1v) is 18.6. The number of Topliss-reactive ketones (excluding diaryl/α,β-unsaturated/α-hetero) is 1. The van der Waals surface area contributed by atoms with Crippen LogP contribution >= 0.6 is 11.6 Å². The van der Waals surface area contributed by atoms with Crippen LogP contribution in [0.2, 0.25) is 5.02 Å². The minimum absolute atomic E-state index is 0.0151. The van der Waals surface area contributed by atoms with Gasteiger partial charge in [-0.25, -0.2) is 13.2 Å². The van der Waals surface area contributed by atoms with Crippen molar-refractivity contribution in [2.75, 3.05) is 40.0 Å². The van der Waals surface area contributed by atoms with Gasteiger partial charge in [-0.3, -0.25) is 4.79 Å². The molecule has 11 heteroatoms. The minimum atomic E-state index is -3.60. The fourth-order valence-corrected chi connectivity index (χ4v) is 9.61. The monoisotopic (exact) mass is 673 g/mol. The fourth-order valence-electron chi connectivity index (χ4n) is 7.81. The molecule has 3 aliphatic rings. The summed E-state index contributed by atoms with van der Waals surface area (Å²) < 4.78 is 39.5. The number of ketones is 1. The molecule has 2 aliphatic heterocycles. The number of ether oxygens (including phenoxy) is 2. The Morgan fingerprint density at radius 1 is 1.00 bits per heavy atom. The molecule has 2 heterocycles. The zero-order valence-electron chi connectivity index (χ0n) is 26.7. The first-order valence-electron chi connectivity index (χ1n) is 16.8. The first kappa shape index (κ1) is 34.8.